The topological polar surface area (TPSA) is 8.17 Å². The Kier molecular flexibility index (Phi) is 10.9. The van der Waals surface area contributed by atoms with Gasteiger partial charge < -0.3 is 9.47 Å². The van der Waals surface area contributed by atoms with E-state index >= 15 is 0 Å². The molecule has 0 bridgehead atoms. The lowest BCUT2D eigenvalue weighted by atomic mass is 9.98. The largest absolute Gasteiger partial charge is 0.310 e. The van der Waals surface area contributed by atoms with E-state index in [2.05, 4.69) is 313 Å². The van der Waals surface area contributed by atoms with Crippen LogP contribution in [0.15, 0.2) is 303 Å². The van der Waals surface area contributed by atoms with Crippen molar-refractivity contribution in [1.82, 2.24) is 4.57 Å². The summed E-state index contributed by atoms with van der Waals surface area (Å²) in [6.45, 7) is 0. The SMILES string of the molecule is c1ccc([Si](c2ccccc2)(c2ccccc2)c2ccc(-c3ccc(N(c4ccc(-c5cccc6ccccc56)cc4)c4cccc5c4c4ccccc4n5-c4cc5ccccc5c5ccccc45)cc3)cc2)cc1. The fourth-order valence-electron chi connectivity index (χ4n) is 12.1. The van der Waals surface area contributed by atoms with Crippen molar-refractivity contribution in [3.8, 4) is 27.9 Å². The number of fused-ring (bicyclic) bond motifs is 7. The molecule has 0 atom stereocenters. The third-order valence-corrected chi connectivity index (χ3v) is 20.3. The molecule has 14 rings (SSSR count). The number of hydrogen-bond donors (Lipinski definition) is 0. The van der Waals surface area contributed by atoms with Gasteiger partial charge in [0.15, 0.2) is 8.07 Å². The van der Waals surface area contributed by atoms with Crippen LogP contribution >= 0.6 is 0 Å². The molecule has 75 heavy (non-hydrogen) atoms. The van der Waals surface area contributed by atoms with Crippen molar-refractivity contribution in [3.05, 3.63) is 303 Å². The van der Waals surface area contributed by atoms with Gasteiger partial charge in [0.25, 0.3) is 0 Å². The molecule has 13 aromatic carbocycles. The molecule has 0 saturated carbocycles. The second-order valence-electron chi connectivity index (χ2n) is 19.6. The van der Waals surface area contributed by atoms with Crippen LogP contribution in [0.3, 0.4) is 0 Å². The van der Waals surface area contributed by atoms with Gasteiger partial charge in [0.2, 0.25) is 0 Å². The molecular formula is C72H50N2Si. The van der Waals surface area contributed by atoms with E-state index in [1.807, 2.05) is 0 Å². The molecule has 3 heteroatoms. The molecule has 0 aliphatic rings. The molecule has 0 spiro atoms. The Labute approximate surface area is 438 Å². The van der Waals surface area contributed by atoms with E-state index in [-0.39, 0.29) is 0 Å². The summed E-state index contributed by atoms with van der Waals surface area (Å²) in [7, 11) is -2.66. The number of aromatic nitrogens is 1. The number of benzene rings is 13. The zero-order valence-electron chi connectivity index (χ0n) is 41.3. The summed E-state index contributed by atoms with van der Waals surface area (Å²) < 4.78 is 2.49. The van der Waals surface area contributed by atoms with E-state index < -0.39 is 8.07 Å². The smallest absolute Gasteiger partial charge is 0.179 e. The van der Waals surface area contributed by atoms with Crippen LogP contribution in [0.5, 0.6) is 0 Å². The van der Waals surface area contributed by atoms with Gasteiger partial charge in [-0.05, 0) is 118 Å². The summed E-state index contributed by atoms with van der Waals surface area (Å²) in [5.41, 5.74) is 11.5. The molecule has 0 unspecified atom stereocenters. The van der Waals surface area contributed by atoms with Gasteiger partial charge in [-0.2, -0.15) is 0 Å². The van der Waals surface area contributed by atoms with Crippen molar-refractivity contribution in [1.29, 1.82) is 0 Å². The minimum absolute atomic E-state index is 1.08. The summed E-state index contributed by atoms with van der Waals surface area (Å²) in [6, 6.07) is 112. The van der Waals surface area contributed by atoms with Crippen LogP contribution in [-0.2, 0) is 0 Å². The van der Waals surface area contributed by atoms with E-state index in [1.165, 1.54) is 97.3 Å². The Morgan fingerprint density at radius 3 is 1.35 bits per heavy atom. The first kappa shape index (κ1) is 44.2. The molecule has 0 aliphatic heterocycles. The molecule has 2 nitrogen and oxygen atoms in total. The molecule has 1 aromatic heterocycles. The minimum Gasteiger partial charge on any atom is -0.310 e. The summed E-state index contributed by atoms with van der Waals surface area (Å²) in [4.78, 5) is 2.46. The lowest BCUT2D eigenvalue weighted by Crippen LogP contribution is -2.74. The molecule has 0 radical (unpaired) electrons. The average molecular weight is 971 g/mol. The average Bonchev–Trinajstić information content (AvgIpc) is 3.88. The van der Waals surface area contributed by atoms with Gasteiger partial charge in [-0.1, -0.05) is 255 Å². The van der Waals surface area contributed by atoms with Gasteiger partial charge in [-0.3, -0.25) is 0 Å². The number of para-hydroxylation sites is 1. The van der Waals surface area contributed by atoms with Crippen LogP contribution in [0.25, 0.3) is 82.1 Å². The number of hydrogen-bond acceptors (Lipinski definition) is 1. The van der Waals surface area contributed by atoms with E-state index in [9.17, 15) is 0 Å². The normalized spacial score (nSPS) is 11.7. The predicted octanol–water partition coefficient (Wildman–Crippen LogP) is 16.4. The maximum Gasteiger partial charge on any atom is 0.179 e. The van der Waals surface area contributed by atoms with E-state index in [0.717, 1.165) is 22.6 Å². The summed E-state index contributed by atoms with van der Waals surface area (Å²) in [6.07, 6.45) is 0. The van der Waals surface area contributed by atoms with Gasteiger partial charge in [-0.25, -0.2) is 0 Å². The first-order valence-corrected chi connectivity index (χ1v) is 27.9. The zero-order chi connectivity index (χ0) is 49.7. The molecule has 0 fully saturated rings. The monoisotopic (exact) mass is 970 g/mol. The van der Waals surface area contributed by atoms with Crippen molar-refractivity contribution in [2.75, 3.05) is 4.90 Å². The Morgan fingerprint density at radius 1 is 0.280 bits per heavy atom. The Morgan fingerprint density at radius 2 is 0.720 bits per heavy atom. The first-order chi connectivity index (χ1) is 37.2. The number of anilines is 3. The Bertz CT molecular complexity index is 4270. The third-order valence-electron chi connectivity index (χ3n) is 15.5. The lowest BCUT2D eigenvalue weighted by molar-refractivity contribution is 1.20. The molecular weight excluding hydrogens is 921 g/mol. The zero-order valence-corrected chi connectivity index (χ0v) is 42.3. The van der Waals surface area contributed by atoms with Gasteiger partial charge >= 0.3 is 0 Å². The van der Waals surface area contributed by atoms with Gasteiger partial charge in [0, 0.05) is 27.5 Å². The highest BCUT2D eigenvalue weighted by Crippen LogP contribution is 2.46. The van der Waals surface area contributed by atoms with Crippen molar-refractivity contribution in [2.24, 2.45) is 0 Å². The number of nitrogens with zero attached hydrogens (tertiary/aromatic N) is 2. The molecule has 14 aromatic rings. The van der Waals surface area contributed by atoms with E-state index in [0.29, 0.717) is 0 Å². The highest BCUT2D eigenvalue weighted by molar-refractivity contribution is 7.19. The fraction of sp³-hybridized carbons (Fsp3) is 0. The van der Waals surface area contributed by atoms with Crippen LogP contribution in [0.1, 0.15) is 0 Å². The summed E-state index contributed by atoms with van der Waals surface area (Å²) >= 11 is 0. The van der Waals surface area contributed by atoms with Crippen LogP contribution in [0.4, 0.5) is 17.1 Å². The maximum absolute atomic E-state index is 2.66. The third kappa shape index (κ3) is 7.39. The molecule has 0 N–H and O–H groups in total. The summed E-state index contributed by atoms with van der Waals surface area (Å²) in [5, 5.41) is 15.3. The van der Waals surface area contributed by atoms with Crippen molar-refractivity contribution in [3.63, 3.8) is 0 Å². The number of rotatable bonds is 10. The standard InChI is InChI=1S/C72H50N2Si/c1-4-23-58(24-5-1)75(59-25-6-2-7-26-59,60-27-8-3-9-28-60)61-48-42-52(43-49-61)51-38-44-56(45-39-51)73(57-46-40-54(41-47-57)63-34-18-22-53-20-10-12-29-62(53)63)69-36-19-37-70-72(69)67-33-16-17-35-68(67)74(70)71-50-55-21-11-13-30-64(55)65-31-14-15-32-66(65)71/h1-50H. The second kappa shape index (κ2) is 18.5. The van der Waals surface area contributed by atoms with Gasteiger partial charge in [0.1, 0.15) is 0 Å². The molecule has 1 heterocycles. The maximum atomic E-state index is 2.49. The molecule has 0 amide bonds. The first-order valence-electron chi connectivity index (χ1n) is 25.9. The Hall–Kier alpha value is -9.54. The van der Waals surface area contributed by atoms with Gasteiger partial charge in [-0.15, -0.1) is 0 Å². The van der Waals surface area contributed by atoms with Crippen molar-refractivity contribution in [2.45, 2.75) is 0 Å². The lowest BCUT2D eigenvalue weighted by Gasteiger charge is -2.34. The highest BCUT2D eigenvalue weighted by Gasteiger charge is 2.41. The molecule has 0 saturated heterocycles. The van der Waals surface area contributed by atoms with Crippen LogP contribution in [-0.4, -0.2) is 12.6 Å². The molecule has 352 valence electrons. The summed E-state index contributed by atoms with van der Waals surface area (Å²) in [5.74, 6) is 0. The van der Waals surface area contributed by atoms with Gasteiger partial charge in [0.05, 0.1) is 22.4 Å². The fourth-order valence-corrected chi connectivity index (χ4v) is 16.9. The predicted molar refractivity (Wildman–Crippen MR) is 322 cm³/mol. The van der Waals surface area contributed by atoms with Crippen molar-refractivity contribution >= 4 is 100 Å². The van der Waals surface area contributed by atoms with E-state index in [4.69, 9.17) is 0 Å². The molecule has 0 aliphatic carbocycles. The highest BCUT2D eigenvalue weighted by atomic mass is 28.3. The van der Waals surface area contributed by atoms with E-state index in [1.54, 1.807) is 0 Å². The van der Waals surface area contributed by atoms with Crippen LogP contribution < -0.4 is 25.6 Å². The quantitative estimate of drug-likeness (QED) is 0.0753. The van der Waals surface area contributed by atoms with Crippen molar-refractivity contribution < 1.29 is 0 Å². The van der Waals surface area contributed by atoms with Crippen LogP contribution in [0.2, 0.25) is 0 Å². The Balaban J connectivity index is 0.925. The second-order valence-corrected chi connectivity index (χ2v) is 23.4. The minimum atomic E-state index is -2.66. The van der Waals surface area contributed by atoms with Crippen LogP contribution in [0, 0.1) is 0 Å².